The zero-order chi connectivity index (χ0) is 12.6. The van der Waals surface area contributed by atoms with Crippen LogP contribution in [0.3, 0.4) is 0 Å². The van der Waals surface area contributed by atoms with Crippen LogP contribution in [0.4, 0.5) is 10.2 Å². The summed E-state index contributed by atoms with van der Waals surface area (Å²) in [6, 6.07) is 4.88. The quantitative estimate of drug-likeness (QED) is 0.868. The maximum absolute atomic E-state index is 13.5. The van der Waals surface area contributed by atoms with E-state index in [1.54, 1.807) is 23.7 Å². The molecule has 90 valence electrons. The molecule has 1 aromatic heterocycles. The van der Waals surface area contributed by atoms with Crippen molar-refractivity contribution in [2.24, 2.45) is 0 Å². The van der Waals surface area contributed by atoms with Gasteiger partial charge in [-0.1, -0.05) is 25.1 Å². The van der Waals surface area contributed by atoms with Crippen molar-refractivity contribution in [1.29, 1.82) is 0 Å². The molecule has 0 saturated carbocycles. The van der Waals surface area contributed by atoms with Gasteiger partial charge in [-0.25, -0.2) is 9.07 Å². The first-order chi connectivity index (χ1) is 8.02. The molecule has 0 aliphatic carbocycles. The minimum atomic E-state index is -0.258. The second kappa shape index (κ2) is 4.16. The van der Waals surface area contributed by atoms with Gasteiger partial charge in [-0.3, -0.25) is 0 Å². The highest BCUT2D eigenvalue weighted by Crippen LogP contribution is 2.25. The zero-order valence-corrected chi connectivity index (χ0v) is 10.1. The smallest absolute Gasteiger partial charge is 0.169 e. The van der Waals surface area contributed by atoms with E-state index >= 15 is 0 Å². The first-order valence-corrected chi connectivity index (χ1v) is 5.49. The van der Waals surface area contributed by atoms with Crippen molar-refractivity contribution >= 4 is 5.82 Å². The Balaban J connectivity index is 2.65. The highest BCUT2D eigenvalue weighted by molar-refractivity contribution is 5.46. The molecule has 0 fully saturated rings. The van der Waals surface area contributed by atoms with Gasteiger partial charge in [-0.05, 0) is 25.0 Å². The van der Waals surface area contributed by atoms with Gasteiger partial charge >= 0.3 is 0 Å². The third-order valence-corrected chi connectivity index (χ3v) is 2.75. The maximum Gasteiger partial charge on any atom is 0.169 e. The Bertz CT molecular complexity index is 545. The van der Waals surface area contributed by atoms with Crippen LogP contribution in [0.2, 0.25) is 0 Å². The number of nitrogens with zero attached hydrogens (tertiary/aromatic N) is 3. The standard InChI is InChI=1S/C12H15FN4/c1-7(2)11-12(14)15-16-17(11)10-6-4-5-9(13)8(10)3/h4-7H,14H2,1-3H3. The van der Waals surface area contributed by atoms with Crippen molar-refractivity contribution in [3.05, 3.63) is 35.3 Å². The second-order valence-electron chi connectivity index (χ2n) is 4.31. The van der Waals surface area contributed by atoms with Crippen LogP contribution < -0.4 is 5.73 Å². The normalized spacial score (nSPS) is 11.1. The molecule has 1 heterocycles. The molecule has 2 rings (SSSR count). The molecule has 0 aliphatic heterocycles. The van der Waals surface area contributed by atoms with Gasteiger partial charge in [0.05, 0.1) is 11.4 Å². The topological polar surface area (TPSA) is 56.7 Å². The summed E-state index contributed by atoms with van der Waals surface area (Å²) in [4.78, 5) is 0. The molecule has 5 heteroatoms. The number of anilines is 1. The van der Waals surface area contributed by atoms with E-state index in [1.807, 2.05) is 13.8 Å². The van der Waals surface area contributed by atoms with Gasteiger partial charge in [0.25, 0.3) is 0 Å². The van der Waals surface area contributed by atoms with Gasteiger partial charge in [0, 0.05) is 5.56 Å². The van der Waals surface area contributed by atoms with Gasteiger partial charge in [0.1, 0.15) is 5.82 Å². The molecular weight excluding hydrogens is 219 g/mol. The summed E-state index contributed by atoms with van der Waals surface area (Å²) in [5.41, 5.74) is 7.80. The summed E-state index contributed by atoms with van der Waals surface area (Å²) < 4.78 is 15.1. The summed E-state index contributed by atoms with van der Waals surface area (Å²) in [7, 11) is 0. The Morgan fingerprint density at radius 2 is 2.06 bits per heavy atom. The van der Waals surface area contributed by atoms with E-state index in [0.29, 0.717) is 17.1 Å². The van der Waals surface area contributed by atoms with Crippen LogP contribution in [0.5, 0.6) is 0 Å². The van der Waals surface area contributed by atoms with Crippen molar-refractivity contribution in [3.8, 4) is 5.69 Å². The van der Waals surface area contributed by atoms with E-state index in [1.165, 1.54) is 6.07 Å². The van der Waals surface area contributed by atoms with Crippen molar-refractivity contribution in [1.82, 2.24) is 15.0 Å². The van der Waals surface area contributed by atoms with Crippen LogP contribution in [0.15, 0.2) is 18.2 Å². The largest absolute Gasteiger partial charge is 0.381 e. The number of rotatable bonds is 2. The zero-order valence-electron chi connectivity index (χ0n) is 10.1. The van der Waals surface area contributed by atoms with Crippen LogP contribution in [-0.4, -0.2) is 15.0 Å². The van der Waals surface area contributed by atoms with Gasteiger partial charge in [0.15, 0.2) is 5.82 Å². The number of halogens is 1. The van der Waals surface area contributed by atoms with Crippen LogP contribution in [0, 0.1) is 12.7 Å². The Morgan fingerprint density at radius 3 is 2.71 bits per heavy atom. The van der Waals surface area contributed by atoms with Crippen molar-refractivity contribution < 1.29 is 4.39 Å². The van der Waals surface area contributed by atoms with E-state index in [4.69, 9.17) is 5.73 Å². The van der Waals surface area contributed by atoms with Crippen LogP contribution in [0.25, 0.3) is 5.69 Å². The first-order valence-electron chi connectivity index (χ1n) is 5.49. The lowest BCUT2D eigenvalue weighted by Crippen LogP contribution is -2.07. The molecule has 0 spiro atoms. The number of aromatic nitrogens is 3. The van der Waals surface area contributed by atoms with Crippen molar-refractivity contribution in [2.45, 2.75) is 26.7 Å². The molecule has 0 atom stereocenters. The summed E-state index contributed by atoms with van der Waals surface area (Å²) in [5, 5.41) is 7.84. The van der Waals surface area contributed by atoms with Gasteiger partial charge in [0.2, 0.25) is 0 Å². The highest BCUT2D eigenvalue weighted by Gasteiger charge is 2.17. The van der Waals surface area contributed by atoms with E-state index in [9.17, 15) is 4.39 Å². The van der Waals surface area contributed by atoms with Gasteiger partial charge in [-0.2, -0.15) is 0 Å². The maximum atomic E-state index is 13.5. The van der Waals surface area contributed by atoms with Crippen LogP contribution in [0.1, 0.15) is 31.0 Å². The lowest BCUT2D eigenvalue weighted by Gasteiger charge is -2.12. The van der Waals surface area contributed by atoms with Crippen LogP contribution >= 0.6 is 0 Å². The molecule has 1 aromatic carbocycles. The van der Waals surface area contributed by atoms with Crippen molar-refractivity contribution in [2.75, 3.05) is 5.73 Å². The number of benzene rings is 1. The first kappa shape index (κ1) is 11.6. The summed E-state index contributed by atoms with van der Waals surface area (Å²) >= 11 is 0. The molecule has 0 saturated heterocycles. The lowest BCUT2D eigenvalue weighted by atomic mass is 10.1. The second-order valence-corrected chi connectivity index (χ2v) is 4.31. The molecule has 0 radical (unpaired) electrons. The average Bonchev–Trinajstić information content (AvgIpc) is 2.64. The minimum absolute atomic E-state index is 0.174. The summed E-state index contributed by atoms with van der Waals surface area (Å²) in [6.45, 7) is 5.72. The van der Waals surface area contributed by atoms with Crippen molar-refractivity contribution in [3.63, 3.8) is 0 Å². The van der Waals surface area contributed by atoms with Crippen LogP contribution in [-0.2, 0) is 0 Å². The monoisotopic (exact) mass is 234 g/mol. The van der Waals surface area contributed by atoms with E-state index in [0.717, 1.165) is 5.69 Å². The molecule has 0 amide bonds. The molecular formula is C12H15FN4. The summed E-state index contributed by atoms with van der Waals surface area (Å²) in [6.07, 6.45) is 0. The van der Waals surface area contributed by atoms with E-state index in [-0.39, 0.29) is 11.7 Å². The fraction of sp³-hybridized carbons (Fsp3) is 0.333. The Kier molecular flexibility index (Phi) is 2.83. The molecule has 2 aromatic rings. The number of nitrogens with two attached hydrogens (primary N) is 1. The molecule has 0 bridgehead atoms. The SMILES string of the molecule is Cc1c(F)cccc1-n1nnc(N)c1C(C)C. The average molecular weight is 234 g/mol. The molecule has 0 unspecified atom stereocenters. The number of hydrogen-bond acceptors (Lipinski definition) is 3. The predicted molar refractivity (Wildman–Crippen MR) is 64.6 cm³/mol. The number of hydrogen-bond donors (Lipinski definition) is 1. The molecule has 4 nitrogen and oxygen atoms in total. The molecule has 17 heavy (non-hydrogen) atoms. The lowest BCUT2D eigenvalue weighted by molar-refractivity contribution is 0.612. The van der Waals surface area contributed by atoms with E-state index in [2.05, 4.69) is 10.3 Å². The third-order valence-electron chi connectivity index (χ3n) is 2.75. The fourth-order valence-corrected chi connectivity index (χ4v) is 1.84. The Morgan fingerprint density at radius 1 is 1.35 bits per heavy atom. The Hall–Kier alpha value is -1.91. The van der Waals surface area contributed by atoms with Gasteiger partial charge < -0.3 is 5.73 Å². The third kappa shape index (κ3) is 1.88. The Labute approximate surface area is 99.2 Å². The highest BCUT2D eigenvalue weighted by atomic mass is 19.1. The van der Waals surface area contributed by atoms with Gasteiger partial charge in [-0.15, -0.1) is 5.10 Å². The predicted octanol–water partition coefficient (Wildman–Crippen LogP) is 2.42. The van der Waals surface area contributed by atoms with E-state index < -0.39 is 0 Å². The number of nitrogen functional groups attached to an aromatic ring is 1. The summed E-state index contributed by atoms with van der Waals surface area (Å²) in [5.74, 6) is 0.308. The minimum Gasteiger partial charge on any atom is -0.381 e. The molecule has 0 aliphatic rings. The molecule has 2 N–H and O–H groups in total. The fourth-order valence-electron chi connectivity index (χ4n) is 1.84.